The maximum atomic E-state index is 12.6. The number of aromatic nitrogens is 3. The van der Waals surface area contributed by atoms with Crippen LogP contribution in [0, 0.1) is 0 Å². The van der Waals surface area contributed by atoms with Crippen LogP contribution in [0.5, 0.6) is 5.75 Å². The van der Waals surface area contributed by atoms with Crippen molar-refractivity contribution >= 4 is 17.3 Å². The Balaban J connectivity index is 2.13. The van der Waals surface area contributed by atoms with E-state index in [1.54, 1.807) is 0 Å². The lowest BCUT2D eigenvalue weighted by atomic mass is 10.1. The van der Waals surface area contributed by atoms with Gasteiger partial charge in [0.1, 0.15) is 22.7 Å². The van der Waals surface area contributed by atoms with Gasteiger partial charge in [-0.3, -0.25) is 19.1 Å². The van der Waals surface area contributed by atoms with Gasteiger partial charge in [0, 0.05) is 12.4 Å². The van der Waals surface area contributed by atoms with Gasteiger partial charge in [-0.05, 0) is 23.8 Å². The molecule has 1 N–H and O–H groups in total. The molecule has 3 aromatic heterocycles. The van der Waals surface area contributed by atoms with Gasteiger partial charge < -0.3 is 5.11 Å². The van der Waals surface area contributed by atoms with Crippen molar-refractivity contribution in [2.75, 3.05) is 0 Å². The van der Waals surface area contributed by atoms with E-state index in [0.717, 1.165) is 16.8 Å². The van der Waals surface area contributed by atoms with Gasteiger partial charge in [-0.2, -0.15) is 13.2 Å². The zero-order valence-corrected chi connectivity index (χ0v) is 12.4. The van der Waals surface area contributed by atoms with E-state index in [2.05, 4.69) is 9.97 Å². The first-order valence-electron chi connectivity index (χ1n) is 6.93. The zero-order chi connectivity index (χ0) is 18.2. The topological polar surface area (TPSA) is 85.1 Å². The van der Waals surface area contributed by atoms with E-state index in [1.807, 2.05) is 0 Å². The second-order valence-electron chi connectivity index (χ2n) is 5.14. The van der Waals surface area contributed by atoms with Crippen LogP contribution in [-0.4, -0.2) is 25.9 Å². The monoisotopic (exact) mass is 348 g/mol. The summed E-state index contributed by atoms with van der Waals surface area (Å²) >= 11 is 0. The first kappa shape index (κ1) is 16.6. The normalized spacial score (nSPS) is 11.6. The van der Waals surface area contributed by atoms with Gasteiger partial charge in [-0.15, -0.1) is 0 Å². The van der Waals surface area contributed by atoms with Crippen LogP contribution < -0.4 is 5.56 Å². The molecular formula is C16H9F3N3O3. The van der Waals surface area contributed by atoms with E-state index in [0.29, 0.717) is 5.56 Å². The molecule has 0 fully saturated rings. The Bertz CT molecular complexity index is 1010. The third kappa shape index (κ3) is 2.95. The first-order chi connectivity index (χ1) is 11.8. The summed E-state index contributed by atoms with van der Waals surface area (Å²) < 4.78 is 38.8. The fourth-order valence-corrected chi connectivity index (χ4v) is 2.37. The third-order valence-corrected chi connectivity index (χ3v) is 3.55. The van der Waals surface area contributed by atoms with Crippen molar-refractivity contribution < 1.29 is 23.1 Å². The second kappa shape index (κ2) is 6.00. The molecule has 0 spiro atoms. The van der Waals surface area contributed by atoms with Crippen molar-refractivity contribution in [2.24, 2.45) is 0 Å². The zero-order valence-electron chi connectivity index (χ0n) is 12.4. The molecule has 127 valence electrons. The molecule has 0 amide bonds. The molecule has 3 heterocycles. The Hall–Kier alpha value is -3.23. The van der Waals surface area contributed by atoms with Crippen LogP contribution in [0.2, 0.25) is 0 Å². The highest BCUT2D eigenvalue weighted by molar-refractivity contribution is 5.92. The van der Waals surface area contributed by atoms with Gasteiger partial charge in [0.15, 0.2) is 0 Å². The highest BCUT2D eigenvalue weighted by Gasteiger charge is 2.32. The molecule has 0 aliphatic carbocycles. The average Bonchev–Trinajstić information content (AvgIpc) is 2.59. The quantitative estimate of drug-likeness (QED) is 0.783. The SMILES string of the molecule is O=[C]c1c(O)c2cccnc2n(Cc2ccc(C(F)(F)F)nc2)c1=O. The van der Waals surface area contributed by atoms with Crippen molar-refractivity contribution in [3.63, 3.8) is 0 Å². The van der Waals surface area contributed by atoms with Gasteiger partial charge in [0.25, 0.3) is 5.56 Å². The summed E-state index contributed by atoms with van der Waals surface area (Å²) in [5, 5.41) is 10.1. The summed E-state index contributed by atoms with van der Waals surface area (Å²) in [6.45, 7) is -0.174. The lowest BCUT2D eigenvalue weighted by molar-refractivity contribution is -0.141. The molecule has 0 atom stereocenters. The highest BCUT2D eigenvalue weighted by atomic mass is 19.4. The van der Waals surface area contributed by atoms with E-state index in [9.17, 15) is 27.9 Å². The first-order valence-corrected chi connectivity index (χ1v) is 6.93. The minimum absolute atomic E-state index is 0.0869. The Morgan fingerprint density at radius 1 is 1.20 bits per heavy atom. The van der Waals surface area contributed by atoms with E-state index in [-0.39, 0.29) is 17.6 Å². The minimum Gasteiger partial charge on any atom is -0.506 e. The van der Waals surface area contributed by atoms with E-state index in [1.165, 1.54) is 30.7 Å². The van der Waals surface area contributed by atoms with Gasteiger partial charge in [-0.25, -0.2) is 4.98 Å². The number of fused-ring (bicyclic) bond motifs is 1. The standard InChI is InChI=1S/C16H9F3N3O3/c17-16(18,19)12-4-3-9(6-21-12)7-22-14-10(2-1-5-20-14)13(24)11(8-23)15(22)25/h1-6,24H,7H2. The number of rotatable bonds is 3. The number of pyridine rings is 3. The molecule has 6 nitrogen and oxygen atoms in total. The van der Waals surface area contributed by atoms with Gasteiger partial charge in [0.2, 0.25) is 6.29 Å². The molecule has 0 aliphatic rings. The minimum atomic E-state index is -4.57. The van der Waals surface area contributed by atoms with Gasteiger partial charge in [0.05, 0.1) is 11.9 Å². The maximum absolute atomic E-state index is 12.6. The molecule has 0 aromatic carbocycles. The van der Waals surface area contributed by atoms with Crippen molar-refractivity contribution in [1.82, 2.24) is 14.5 Å². The molecule has 9 heteroatoms. The number of hydrogen-bond acceptors (Lipinski definition) is 5. The fourth-order valence-electron chi connectivity index (χ4n) is 2.37. The predicted molar refractivity (Wildman–Crippen MR) is 80.8 cm³/mol. The molecule has 0 saturated heterocycles. The lowest BCUT2D eigenvalue weighted by Gasteiger charge is -2.12. The molecule has 0 bridgehead atoms. The molecule has 3 aromatic rings. The van der Waals surface area contributed by atoms with Crippen LogP contribution in [0.15, 0.2) is 41.5 Å². The Labute approximate surface area is 138 Å². The molecule has 0 saturated carbocycles. The molecule has 1 radical (unpaired) electrons. The number of halogens is 3. The summed E-state index contributed by atoms with van der Waals surface area (Å²) in [4.78, 5) is 30.7. The van der Waals surface area contributed by atoms with Crippen LogP contribution in [0.25, 0.3) is 11.0 Å². The van der Waals surface area contributed by atoms with Crippen molar-refractivity contribution in [3.8, 4) is 5.75 Å². The van der Waals surface area contributed by atoms with Crippen molar-refractivity contribution in [1.29, 1.82) is 0 Å². The van der Waals surface area contributed by atoms with Crippen LogP contribution in [-0.2, 0) is 17.5 Å². The van der Waals surface area contributed by atoms with E-state index < -0.39 is 28.7 Å². The number of hydrogen-bond donors (Lipinski definition) is 1. The van der Waals surface area contributed by atoms with Gasteiger partial charge in [-0.1, -0.05) is 6.07 Å². The Morgan fingerprint density at radius 3 is 2.56 bits per heavy atom. The smallest absolute Gasteiger partial charge is 0.433 e. The third-order valence-electron chi connectivity index (χ3n) is 3.55. The summed E-state index contributed by atoms with van der Waals surface area (Å²) in [7, 11) is 0. The molecule has 25 heavy (non-hydrogen) atoms. The Kier molecular flexibility index (Phi) is 3.99. The predicted octanol–water partition coefficient (Wildman–Crippen LogP) is 2.02. The van der Waals surface area contributed by atoms with Crippen molar-refractivity contribution in [3.05, 3.63) is 63.8 Å². The summed E-state index contributed by atoms with van der Waals surface area (Å²) in [6.07, 6.45) is -0.813. The Morgan fingerprint density at radius 2 is 1.96 bits per heavy atom. The van der Waals surface area contributed by atoms with Crippen molar-refractivity contribution in [2.45, 2.75) is 12.7 Å². The highest BCUT2D eigenvalue weighted by Crippen LogP contribution is 2.28. The average molecular weight is 348 g/mol. The fraction of sp³-hybridized carbons (Fsp3) is 0.125. The molecule has 3 rings (SSSR count). The molecule has 0 unspecified atom stereocenters. The summed E-state index contributed by atoms with van der Waals surface area (Å²) in [5.74, 6) is -0.537. The number of carbonyl (C=O) groups excluding carboxylic acids is 1. The van der Waals surface area contributed by atoms with Crippen LogP contribution in [0.4, 0.5) is 13.2 Å². The van der Waals surface area contributed by atoms with Crippen LogP contribution in [0.1, 0.15) is 16.8 Å². The number of aromatic hydroxyl groups is 1. The largest absolute Gasteiger partial charge is 0.506 e. The van der Waals surface area contributed by atoms with E-state index in [4.69, 9.17) is 0 Å². The van der Waals surface area contributed by atoms with Crippen LogP contribution >= 0.6 is 0 Å². The lowest BCUT2D eigenvalue weighted by Crippen LogP contribution is -2.25. The molecular weight excluding hydrogens is 339 g/mol. The summed E-state index contributed by atoms with van der Waals surface area (Å²) in [6, 6.07) is 4.93. The summed E-state index contributed by atoms with van der Waals surface area (Å²) in [5.41, 5.74) is -2.09. The maximum Gasteiger partial charge on any atom is 0.433 e. The number of nitrogens with zero attached hydrogens (tertiary/aromatic N) is 3. The van der Waals surface area contributed by atoms with Crippen LogP contribution in [0.3, 0.4) is 0 Å². The second-order valence-corrected chi connectivity index (χ2v) is 5.14. The molecule has 0 aliphatic heterocycles. The number of alkyl halides is 3. The van der Waals surface area contributed by atoms with E-state index >= 15 is 0 Å². The van der Waals surface area contributed by atoms with Gasteiger partial charge >= 0.3 is 6.18 Å².